The van der Waals surface area contributed by atoms with Crippen molar-refractivity contribution >= 4 is 29.9 Å². The number of hydrogen-bond acceptors (Lipinski definition) is 4. The first-order chi connectivity index (χ1) is 12.2. The molecule has 1 saturated heterocycles. The highest BCUT2D eigenvalue weighted by atomic mass is 127. The monoisotopic (exact) mass is 476 g/mol. The largest absolute Gasteiger partial charge is 0.385 e. The molecule has 7 heteroatoms. The minimum absolute atomic E-state index is 0. The fraction of sp³-hybridized carbons (Fsp3) is 0.632. The Morgan fingerprint density at radius 1 is 1.35 bits per heavy atom. The second-order valence-electron chi connectivity index (χ2n) is 6.44. The normalized spacial score (nSPS) is 18.3. The van der Waals surface area contributed by atoms with E-state index in [0.717, 1.165) is 58.3 Å². The van der Waals surface area contributed by atoms with E-state index in [-0.39, 0.29) is 24.0 Å². The molecule has 1 unspecified atom stereocenters. The molecule has 1 heterocycles. The lowest BCUT2D eigenvalue weighted by Crippen LogP contribution is -2.40. The Balaban J connectivity index is 0.00000338. The third-order valence-electron chi connectivity index (χ3n) is 4.22. The van der Waals surface area contributed by atoms with Crippen molar-refractivity contribution in [1.82, 2.24) is 15.5 Å². The summed E-state index contributed by atoms with van der Waals surface area (Å²) in [4.78, 5) is 6.71. The van der Waals surface area contributed by atoms with E-state index in [1.807, 2.05) is 0 Å². The van der Waals surface area contributed by atoms with Crippen molar-refractivity contribution in [2.45, 2.75) is 32.5 Å². The SMILES string of the molecule is CN=C(NCCCOC)NCc1cccc(CN2CCOC(C)C2)c1.I. The van der Waals surface area contributed by atoms with Crippen LogP contribution in [-0.4, -0.2) is 64.0 Å². The van der Waals surface area contributed by atoms with Crippen LogP contribution in [0.2, 0.25) is 0 Å². The molecule has 0 radical (unpaired) electrons. The zero-order valence-electron chi connectivity index (χ0n) is 16.2. The third-order valence-corrected chi connectivity index (χ3v) is 4.22. The Kier molecular flexibility index (Phi) is 11.8. The second kappa shape index (κ2) is 13.3. The average Bonchev–Trinajstić information content (AvgIpc) is 2.61. The van der Waals surface area contributed by atoms with Gasteiger partial charge in [0, 0.05) is 53.5 Å². The van der Waals surface area contributed by atoms with Crippen molar-refractivity contribution in [2.75, 3.05) is 47.0 Å². The molecule has 0 amide bonds. The third kappa shape index (κ3) is 8.66. The van der Waals surface area contributed by atoms with Crippen molar-refractivity contribution in [3.8, 4) is 0 Å². The van der Waals surface area contributed by atoms with E-state index in [0.29, 0.717) is 6.10 Å². The Morgan fingerprint density at radius 2 is 2.15 bits per heavy atom. The van der Waals surface area contributed by atoms with E-state index in [1.54, 1.807) is 14.2 Å². The topological polar surface area (TPSA) is 58.1 Å². The van der Waals surface area contributed by atoms with Crippen molar-refractivity contribution in [3.05, 3.63) is 35.4 Å². The number of guanidine groups is 1. The van der Waals surface area contributed by atoms with E-state index >= 15 is 0 Å². The first-order valence-electron chi connectivity index (χ1n) is 9.06. The molecule has 0 aromatic heterocycles. The summed E-state index contributed by atoms with van der Waals surface area (Å²) < 4.78 is 10.7. The first kappa shape index (κ1) is 23.1. The van der Waals surface area contributed by atoms with Gasteiger partial charge in [0.2, 0.25) is 0 Å². The summed E-state index contributed by atoms with van der Waals surface area (Å²) in [6.07, 6.45) is 1.29. The molecule has 2 N–H and O–H groups in total. The first-order valence-corrected chi connectivity index (χ1v) is 9.06. The summed E-state index contributed by atoms with van der Waals surface area (Å²) in [5.41, 5.74) is 2.61. The van der Waals surface area contributed by atoms with Crippen LogP contribution in [0.25, 0.3) is 0 Å². The molecule has 0 aliphatic carbocycles. The Morgan fingerprint density at radius 3 is 2.88 bits per heavy atom. The highest BCUT2D eigenvalue weighted by Crippen LogP contribution is 2.12. The minimum atomic E-state index is 0. The summed E-state index contributed by atoms with van der Waals surface area (Å²) in [7, 11) is 3.51. The Bertz CT molecular complexity index is 542. The molecule has 1 atom stereocenters. The van der Waals surface area contributed by atoms with E-state index < -0.39 is 0 Å². The van der Waals surface area contributed by atoms with Crippen molar-refractivity contribution in [1.29, 1.82) is 0 Å². The van der Waals surface area contributed by atoms with Gasteiger partial charge in [-0.2, -0.15) is 0 Å². The maximum atomic E-state index is 5.61. The number of ether oxygens (including phenoxy) is 2. The number of benzene rings is 1. The molecule has 1 aromatic carbocycles. The smallest absolute Gasteiger partial charge is 0.191 e. The molecule has 1 aromatic rings. The van der Waals surface area contributed by atoms with Crippen LogP contribution in [0.5, 0.6) is 0 Å². The van der Waals surface area contributed by atoms with Gasteiger partial charge >= 0.3 is 0 Å². The van der Waals surface area contributed by atoms with E-state index in [9.17, 15) is 0 Å². The van der Waals surface area contributed by atoms with Gasteiger partial charge in [-0.1, -0.05) is 24.3 Å². The molecule has 26 heavy (non-hydrogen) atoms. The Hall–Kier alpha value is -0.900. The number of nitrogens with one attached hydrogen (secondary N) is 2. The number of methoxy groups -OCH3 is 1. The maximum Gasteiger partial charge on any atom is 0.191 e. The molecule has 6 nitrogen and oxygen atoms in total. The molecule has 1 aliphatic heterocycles. The highest BCUT2D eigenvalue weighted by molar-refractivity contribution is 14.0. The van der Waals surface area contributed by atoms with E-state index in [4.69, 9.17) is 9.47 Å². The predicted octanol–water partition coefficient (Wildman–Crippen LogP) is 2.23. The van der Waals surface area contributed by atoms with Crippen molar-refractivity contribution in [3.63, 3.8) is 0 Å². The van der Waals surface area contributed by atoms with E-state index in [2.05, 4.69) is 51.7 Å². The molecular formula is C19H33IN4O2. The van der Waals surface area contributed by atoms with Crippen LogP contribution in [0, 0.1) is 0 Å². The summed E-state index contributed by atoms with van der Waals surface area (Å²) in [5.74, 6) is 0.823. The second-order valence-corrected chi connectivity index (χ2v) is 6.44. The van der Waals surface area contributed by atoms with Crippen molar-refractivity contribution in [2.24, 2.45) is 4.99 Å². The molecule has 0 saturated carbocycles. The molecule has 1 fully saturated rings. The van der Waals surface area contributed by atoms with Crippen LogP contribution < -0.4 is 10.6 Å². The molecule has 148 valence electrons. The molecule has 0 spiro atoms. The van der Waals surface area contributed by atoms with Crippen LogP contribution in [0.15, 0.2) is 29.3 Å². The lowest BCUT2D eigenvalue weighted by Gasteiger charge is -2.31. The van der Waals surface area contributed by atoms with Gasteiger partial charge in [0.05, 0.1) is 12.7 Å². The van der Waals surface area contributed by atoms with Crippen LogP contribution in [0.4, 0.5) is 0 Å². The van der Waals surface area contributed by atoms with Gasteiger partial charge in [0.15, 0.2) is 5.96 Å². The molecular weight excluding hydrogens is 443 g/mol. The van der Waals surface area contributed by atoms with Gasteiger partial charge in [0.1, 0.15) is 0 Å². The molecule has 1 aliphatic rings. The van der Waals surface area contributed by atoms with Gasteiger partial charge < -0.3 is 20.1 Å². The van der Waals surface area contributed by atoms with Crippen LogP contribution >= 0.6 is 24.0 Å². The van der Waals surface area contributed by atoms with Crippen molar-refractivity contribution < 1.29 is 9.47 Å². The minimum Gasteiger partial charge on any atom is -0.385 e. The summed E-state index contributed by atoms with van der Waals surface area (Å²) in [5, 5.41) is 6.66. The number of hydrogen-bond donors (Lipinski definition) is 2. The Labute approximate surface area is 174 Å². The van der Waals surface area contributed by atoms with E-state index in [1.165, 1.54) is 11.1 Å². The maximum absolute atomic E-state index is 5.61. The average molecular weight is 476 g/mol. The predicted molar refractivity (Wildman–Crippen MR) is 117 cm³/mol. The van der Waals surface area contributed by atoms with Gasteiger partial charge in [-0.3, -0.25) is 9.89 Å². The fourth-order valence-electron chi connectivity index (χ4n) is 2.96. The number of halogens is 1. The summed E-state index contributed by atoms with van der Waals surface area (Å²) in [6, 6.07) is 8.74. The molecule has 0 bridgehead atoms. The van der Waals surface area contributed by atoms with Gasteiger partial charge in [-0.05, 0) is 24.5 Å². The van der Waals surface area contributed by atoms with Gasteiger partial charge in [-0.15, -0.1) is 24.0 Å². The van der Waals surface area contributed by atoms with Gasteiger partial charge in [0.25, 0.3) is 0 Å². The fourth-order valence-corrected chi connectivity index (χ4v) is 2.96. The standard InChI is InChI=1S/C19H32N4O2.HI/c1-16-14-23(9-11-25-16)15-18-7-4-6-17(12-18)13-22-19(20-2)21-8-5-10-24-3;/h4,6-7,12,16H,5,8-11,13-15H2,1-3H3,(H2,20,21,22);1H. The summed E-state index contributed by atoms with van der Waals surface area (Å²) in [6.45, 7) is 8.31. The lowest BCUT2D eigenvalue weighted by molar-refractivity contribution is -0.0212. The number of nitrogens with zero attached hydrogens (tertiary/aromatic N) is 2. The zero-order chi connectivity index (χ0) is 17.9. The van der Waals surface area contributed by atoms with Crippen LogP contribution in [0.1, 0.15) is 24.5 Å². The number of rotatable bonds is 8. The summed E-state index contributed by atoms with van der Waals surface area (Å²) >= 11 is 0. The highest BCUT2D eigenvalue weighted by Gasteiger charge is 2.16. The van der Waals surface area contributed by atoms with Gasteiger partial charge in [-0.25, -0.2) is 0 Å². The quantitative estimate of drug-likeness (QED) is 0.261. The van der Waals surface area contributed by atoms with Crippen LogP contribution in [-0.2, 0) is 22.6 Å². The van der Waals surface area contributed by atoms with Crippen LogP contribution in [0.3, 0.4) is 0 Å². The lowest BCUT2D eigenvalue weighted by atomic mass is 10.1. The number of morpholine rings is 1. The molecule has 2 rings (SSSR count). The number of aliphatic imine (C=N–C) groups is 1. The zero-order valence-corrected chi connectivity index (χ0v) is 18.5.